The fraction of sp³-hybridized carbons (Fsp3) is 0.0333. The zero-order valence-corrected chi connectivity index (χ0v) is 19.7. The quantitative estimate of drug-likeness (QED) is 0.290. The van der Waals surface area contributed by atoms with E-state index in [2.05, 4.69) is 62.9 Å². The van der Waals surface area contributed by atoms with Gasteiger partial charge in [-0.25, -0.2) is 4.98 Å². The van der Waals surface area contributed by atoms with E-state index in [4.69, 9.17) is 9.39 Å². The van der Waals surface area contributed by atoms with E-state index in [9.17, 15) is 0 Å². The van der Waals surface area contributed by atoms with Crippen LogP contribution in [0.5, 0.6) is 17.2 Å². The van der Waals surface area contributed by atoms with Crippen molar-refractivity contribution in [2.24, 2.45) is 0 Å². The van der Waals surface area contributed by atoms with Crippen LogP contribution in [0.25, 0.3) is 27.6 Å². The molecule has 0 fully saturated rings. The molecule has 36 heavy (non-hydrogen) atoms. The van der Waals surface area contributed by atoms with Crippen LogP contribution in [-0.2, 0) is 0 Å². The maximum Gasteiger partial charge on any atom is 0.519 e. The maximum absolute atomic E-state index is 6.38. The summed E-state index contributed by atoms with van der Waals surface area (Å²) in [6.45, 7) is 0. The fourth-order valence-electron chi connectivity index (χ4n) is 5.08. The summed E-state index contributed by atoms with van der Waals surface area (Å²) in [5, 5.41) is 2.35. The molecule has 1 aliphatic heterocycles. The number of hydrogen-bond donors (Lipinski definition) is 0. The number of pyridine rings is 1. The van der Waals surface area contributed by atoms with Crippen LogP contribution < -0.4 is 19.7 Å². The molecule has 2 aromatic heterocycles. The van der Waals surface area contributed by atoms with E-state index in [-0.39, 0.29) is 7.05 Å². The highest BCUT2D eigenvalue weighted by molar-refractivity contribution is 6.73. The minimum atomic E-state index is -0.194. The van der Waals surface area contributed by atoms with Gasteiger partial charge in [-0.3, -0.25) is 4.57 Å². The lowest BCUT2D eigenvalue weighted by Gasteiger charge is -2.17. The highest BCUT2D eigenvalue weighted by Crippen LogP contribution is 2.36. The Morgan fingerprint density at radius 2 is 1.53 bits per heavy atom. The second kappa shape index (κ2) is 8.20. The highest BCUT2D eigenvalue weighted by Gasteiger charge is 2.35. The summed E-state index contributed by atoms with van der Waals surface area (Å²) in [7, 11) is 1.86. The van der Waals surface area contributed by atoms with Gasteiger partial charge in [0.15, 0.2) is 0 Å². The summed E-state index contributed by atoms with van der Waals surface area (Å²) in [4.78, 5) is 6.76. The summed E-state index contributed by atoms with van der Waals surface area (Å²) in [5.74, 6) is 3.30. The Hall–Kier alpha value is -4.71. The normalized spacial score (nSPS) is 12.7. The lowest BCUT2D eigenvalue weighted by molar-refractivity contribution is 0.483. The standard InChI is InChI=1S/C30H22BN3O2/c1-33-27-13-4-5-14-29(27)36-31(33)21-9-8-10-22(19-21)35-23-16-17-25-24-11-2-3-12-26(24)34(28(25)20-23)30-15-6-7-18-32-30/h2-20H,1H3. The van der Waals surface area contributed by atoms with Crippen molar-refractivity contribution >= 4 is 40.0 Å². The number of hydrogen-bond acceptors (Lipinski definition) is 4. The van der Waals surface area contributed by atoms with Crippen molar-refractivity contribution in [1.29, 1.82) is 0 Å². The lowest BCUT2D eigenvalue weighted by atomic mass is 9.72. The third kappa shape index (κ3) is 3.30. The molecule has 0 bridgehead atoms. The van der Waals surface area contributed by atoms with Gasteiger partial charge in [0.2, 0.25) is 0 Å². The van der Waals surface area contributed by atoms with E-state index in [0.29, 0.717) is 0 Å². The molecule has 0 spiro atoms. The first-order valence-electron chi connectivity index (χ1n) is 12.0. The lowest BCUT2D eigenvalue weighted by Crippen LogP contribution is -2.47. The van der Waals surface area contributed by atoms with Crippen LogP contribution in [0.2, 0.25) is 0 Å². The van der Waals surface area contributed by atoms with Crippen molar-refractivity contribution in [3.8, 4) is 23.1 Å². The summed E-state index contributed by atoms with van der Waals surface area (Å²) in [6.07, 6.45) is 1.82. The van der Waals surface area contributed by atoms with Crippen LogP contribution in [0.4, 0.5) is 5.69 Å². The first-order chi connectivity index (χ1) is 17.8. The van der Waals surface area contributed by atoms with Crippen molar-refractivity contribution < 1.29 is 9.39 Å². The summed E-state index contributed by atoms with van der Waals surface area (Å²) in [6, 6.07) is 36.8. The molecule has 0 aliphatic carbocycles. The number of fused-ring (bicyclic) bond motifs is 4. The van der Waals surface area contributed by atoms with Crippen molar-refractivity contribution in [1.82, 2.24) is 9.55 Å². The molecule has 4 aromatic carbocycles. The van der Waals surface area contributed by atoms with Crippen molar-refractivity contribution in [3.05, 3.63) is 115 Å². The summed E-state index contributed by atoms with van der Waals surface area (Å²) in [5.41, 5.74) is 4.29. The van der Waals surface area contributed by atoms with Crippen LogP contribution in [0.15, 0.2) is 115 Å². The van der Waals surface area contributed by atoms with Gasteiger partial charge in [-0.15, -0.1) is 0 Å². The third-order valence-corrected chi connectivity index (χ3v) is 6.74. The molecule has 0 radical (unpaired) electrons. The van der Waals surface area contributed by atoms with E-state index in [1.165, 1.54) is 5.39 Å². The van der Waals surface area contributed by atoms with Gasteiger partial charge in [0, 0.05) is 23.0 Å². The van der Waals surface area contributed by atoms with E-state index in [1.54, 1.807) is 0 Å². The number of rotatable bonds is 4. The van der Waals surface area contributed by atoms with Crippen molar-refractivity contribution in [2.75, 3.05) is 11.9 Å². The predicted octanol–water partition coefficient (Wildman–Crippen LogP) is 6.20. The van der Waals surface area contributed by atoms with Gasteiger partial charge in [-0.2, -0.15) is 0 Å². The average Bonchev–Trinajstić information content (AvgIpc) is 3.44. The Labute approximate surface area is 209 Å². The van der Waals surface area contributed by atoms with Crippen LogP contribution in [0.3, 0.4) is 0 Å². The van der Waals surface area contributed by atoms with Gasteiger partial charge < -0.3 is 14.2 Å². The van der Waals surface area contributed by atoms with E-state index < -0.39 is 0 Å². The Morgan fingerprint density at radius 1 is 0.722 bits per heavy atom. The smallest absolute Gasteiger partial charge is 0.519 e. The third-order valence-electron chi connectivity index (χ3n) is 6.74. The molecule has 0 amide bonds. The SMILES string of the molecule is CN1B(c2cccc(Oc3ccc4c5ccccc5n(-c5ccccn5)c4c3)c2)Oc2ccccc21. The van der Waals surface area contributed by atoms with Gasteiger partial charge in [0.1, 0.15) is 23.1 Å². The van der Waals surface area contributed by atoms with Gasteiger partial charge >= 0.3 is 7.05 Å². The van der Waals surface area contributed by atoms with Gasteiger partial charge in [0.25, 0.3) is 0 Å². The number of aromatic nitrogens is 2. The molecule has 0 atom stereocenters. The Morgan fingerprint density at radius 3 is 2.42 bits per heavy atom. The second-order valence-electron chi connectivity index (χ2n) is 8.94. The molecule has 0 saturated carbocycles. The predicted molar refractivity (Wildman–Crippen MR) is 146 cm³/mol. The molecule has 172 valence electrons. The Kier molecular flexibility index (Phi) is 4.71. The van der Waals surface area contributed by atoms with E-state index in [1.807, 2.05) is 73.9 Å². The van der Waals surface area contributed by atoms with Crippen LogP contribution >= 0.6 is 0 Å². The molecule has 0 N–H and O–H groups in total. The van der Waals surface area contributed by atoms with Crippen molar-refractivity contribution in [2.45, 2.75) is 0 Å². The highest BCUT2D eigenvalue weighted by atomic mass is 16.5. The van der Waals surface area contributed by atoms with Crippen LogP contribution in [0.1, 0.15) is 0 Å². The Bertz CT molecular complexity index is 1730. The molecule has 3 heterocycles. The summed E-state index contributed by atoms with van der Waals surface area (Å²) >= 11 is 0. The van der Waals surface area contributed by atoms with Gasteiger partial charge in [-0.05, 0) is 67.1 Å². The van der Waals surface area contributed by atoms with E-state index in [0.717, 1.165) is 50.6 Å². The Balaban J connectivity index is 1.27. The molecule has 6 heteroatoms. The fourth-order valence-corrected chi connectivity index (χ4v) is 5.08. The summed E-state index contributed by atoms with van der Waals surface area (Å²) < 4.78 is 14.8. The minimum Gasteiger partial charge on any atom is -0.536 e. The monoisotopic (exact) mass is 467 g/mol. The van der Waals surface area contributed by atoms with Gasteiger partial charge in [0.05, 0.1) is 16.7 Å². The zero-order chi connectivity index (χ0) is 24.1. The molecule has 1 aliphatic rings. The number of para-hydroxylation sites is 3. The average molecular weight is 467 g/mol. The molecule has 5 nitrogen and oxygen atoms in total. The molecule has 0 saturated heterocycles. The largest absolute Gasteiger partial charge is 0.536 e. The maximum atomic E-state index is 6.38. The number of nitrogens with zero attached hydrogens (tertiary/aromatic N) is 3. The number of benzene rings is 4. The van der Waals surface area contributed by atoms with Crippen LogP contribution in [0, 0.1) is 0 Å². The molecule has 0 unspecified atom stereocenters. The zero-order valence-electron chi connectivity index (χ0n) is 19.7. The van der Waals surface area contributed by atoms with E-state index >= 15 is 0 Å². The number of anilines is 1. The molecule has 7 rings (SSSR count). The molecule has 6 aromatic rings. The first-order valence-corrected chi connectivity index (χ1v) is 12.0. The van der Waals surface area contributed by atoms with Crippen molar-refractivity contribution in [3.63, 3.8) is 0 Å². The number of ether oxygens (including phenoxy) is 1. The minimum absolute atomic E-state index is 0.194. The van der Waals surface area contributed by atoms with Gasteiger partial charge in [-0.1, -0.05) is 48.5 Å². The topological polar surface area (TPSA) is 39.5 Å². The first kappa shape index (κ1) is 20.6. The van der Waals surface area contributed by atoms with Crippen LogP contribution in [-0.4, -0.2) is 23.6 Å². The molecular formula is C30H22BN3O2. The molecular weight excluding hydrogens is 445 g/mol. The second-order valence-corrected chi connectivity index (χ2v) is 8.94.